The number of ether oxygens (including phenoxy) is 1. The second-order valence-electron chi connectivity index (χ2n) is 10.1. The smallest absolute Gasteiger partial charge is 0.267 e. The van der Waals surface area contributed by atoms with E-state index < -0.39 is 34.4 Å². The Morgan fingerprint density at radius 1 is 1.12 bits per heavy atom. The van der Waals surface area contributed by atoms with Crippen LogP contribution in [-0.2, 0) is 30.8 Å². The molecule has 0 aliphatic carbocycles. The lowest BCUT2D eigenvalue weighted by molar-refractivity contribution is -0.152. The first-order chi connectivity index (χ1) is 20.1. The number of hydrogen-bond donors (Lipinski definition) is 3. The summed E-state index contributed by atoms with van der Waals surface area (Å²) in [5.41, 5.74) is 5.19. The quantitative estimate of drug-likeness (QED) is 0.160. The summed E-state index contributed by atoms with van der Waals surface area (Å²) >= 11 is 0. The molecule has 0 saturated carbocycles. The molecule has 2 aromatic carbocycles. The van der Waals surface area contributed by atoms with E-state index in [-0.39, 0.29) is 23.8 Å². The third-order valence-electron chi connectivity index (χ3n) is 7.23. The minimum Gasteiger partial charge on any atom is -0.497 e. The van der Waals surface area contributed by atoms with E-state index in [4.69, 9.17) is 9.94 Å². The average molecular weight is 603 g/mol. The van der Waals surface area contributed by atoms with Crippen LogP contribution < -0.4 is 15.8 Å². The Morgan fingerprint density at radius 2 is 1.74 bits per heavy atom. The van der Waals surface area contributed by atoms with E-state index in [1.165, 1.54) is 24.1 Å². The summed E-state index contributed by atoms with van der Waals surface area (Å²) in [6.07, 6.45) is 2.81. The molecule has 2 heterocycles. The van der Waals surface area contributed by atoms with Crippen molar-refractivity contribution in [2.45, 2.75) is 30.2 Å². The molecule has 13 nitrogen and oxygen atoms in total. The number of carbonyl (C=O) groups excluding carboxylic acids is 3. The van der Waals surface area contributed by atoms with Gasteiger partial charge in [-0.3, -0.25) is 14.4 Å². The number of amides is 3. The van der Waals surface area contributed by atoms with Gasteiger partial charge in [0.1, 0.15) is 31.2 Å². The van der Waals surface area contributed by atoms with Gasteiger partial charge >= 0.3 is 0 Å². The van der Waals surface area contributed by atoms with Gasteiger partial charge in [-0.1, -0.05) is 35.5 Å². The van der Waals surface area contributed by atoms with Crippen LogP contribution in [0.15, 0.2) is 64.6 Å². The molecule has 2 saturated heterocycles. The van der Waals surface area contributed by atoms with Crippen LogP contribution in [0.2, 0.25) is 0 Å². The van der Waals surface area contributed by atoms with Gasteiger partial charge in [-0.15, -0.1) is 0 Å². The van der Waals surface area contributed by atoms with Crippen LogP contribution in [0.1, 0.15) is 18.4 Å². The van der Waals surface area contributed by atoms with Crippen molar-refractivity contribution >= 4 is 34.1 Å². The standard InChI is InChI=1S/C27H34N4O6S.CH4N2O/c1-29-14-12-21(13-15-29)17-28-25(32)18-30-24(16-20-8-10-22(37-2)11-9-20)27(34)31(19-26(30)33)38(35,36)23-6-4-3-5-7-23;2-1-3-4/h3-11,21,24H,12-19H2,1-2H3,(H,28,32);1,4H,(H2,2,3)/t24-;/m0./s1. The molecule has 3 amide bonds. The molecule has 4 rings (SSSR count). The van der Waals surface area contributed by atoms with Crippen LogP contribution in [-0.4, -0.2) is 105 Å². The molecule has 228 valence electrons. The van der Waals surface area contributed by atoms with Crippen molar-refractivity contribution in [2.75, 3.05) is 46.9 Å². The number of likely N-dealkylation sites (tertiary alicyclic amines) is 1. The van der Waals surface area contributed by atoms with Crippen molar-refractivity contribution < 1.29 is 32.7 Å². The van der Waals surface area contributed by atoms with Crippen LogP contribution >= 0.6 is 0 Å². The lowest BCUT2D eigenvalue weighted by atomic mass is 9.97. The zero-order valence-electron chi connectivity index (χ0n) is 23.8. The molecule has 0 unspecified atom stereocenters. The topological polar surface area (TPSA) is 175 Å². The van der Waals surface area contributed by atoms with Crippen molar-refractivity contribution in [3.63, 3.8) is 0 Å². The molecule has 2 fully saturated rings. The zero-order valence-corrected chi connectivity index (χ0v) is 24.6. The van der Waals surface area contributed by atoms with Crippen molar-refractivity contribution in [3.05, 3.63) is 60.2 Å². The average Bonchev–Trinajstić information content (AvgIpc) is 3.01. The fraction of sp³-hybridized carbons (Fsp3) is 0.429. The first-order valence-electron chi connectivity index (χ1n) is 13.5. The fourth-order valence-corrected chi connectivity index (χ4v) is 6.20. The largest absolute Gasteiger partial charge is 0.497 e. The lowest BCUT2D eigenvalue weighted by Gasteiger charge is -2.39. The fourth-order valence-electron chi connectivity index (χ4n) is 4.80. The molecular weight excluding hydrogens is 564 g/mol. The van der Waals surface area contributed by atoms with E-state index in [2.05, 4.69) is 28.2 Å². The molecule has 42 heavy (non-hydrogen) atoms. The number of oxime groups is 1. The Morgan fingerprint density at radius 3 is 2.31 bits per heavy atom. The molecule has 4 N–H and O–H groups in total. The van der Waals surface area contributed by atoms with Gasteiger partial charge in [-0.05, 0) is 68.7 Å². The first kappa shape index (κ1) is 32.3. The molecule has 0 spiro atoms. The van der Waals surface area contributed by atoms with Crippen LogP contribution in [0.5, 0.6) is 5.75 Å². The van der Waals surface area contributed by atoms with Gasteiger partial charge in [0.25, 0.3) is 15.9 Å². The highest BCUT2D eigenvalue weighted by Gasteiger charge is 2.45. The van der Waals surface area contributed by atoms with Crippen LogP contribution in [0.25, 0.3) is 0 Å². The summed E-state index contributed by atoms with van der Waals surface area (Å²) in [5, 5.41) is 12.6. The van der Waals surface area contributed by atoms with Crippen LogP contribution in [0, 0.1) is 5.92 Å². The van der Waals surface area contributed by atoms with Crippen molar-refractivity contribution in [2.24, 2.45) is 16.8 Å². The van der Waals surface area contributed by atoms with Crippen LogP contribution in [0.3, 0.4) is 0 Å². The normalized spacial score (nSPS) is 18.5. The van der Waals surface area contributed by atoms with E-state index in [0.29, 0.717) is 28.1 Å². The highest BCUT2D eigenvalue weighted by atomic mass is 32.2. The van der Waals surface area contributed by atoms with Gasteiger partial charge in [0.05, 0.1) is 12.0 Å². The molecule has 2 aliphatic rings. The number of carbonyl (C=O) groups is 3. The summed E-state index contributed by atoms with van der Waals surface area (Å²) in [6.45, 7) is 1.46. The molecule has 0 aromatic heterocycles. The Hall–Kier alpha value is -4.17. The van der Waals surface area contributed by atoms with Gasteiger partial charge in [0.15, 0.2) is 0 Å². The summed E-state index contributed by atoms with van der Waals surface area (Å²) in [4.78, 5) is 43.2. The molecule has 0 radical (unpaired) electrons. The number of sulfonamides is 1. The number of piperazine rings is 1. The van der Waals surface area contributed by atoms with Gasteiger partial charge in [0.2, 0.25) is 11.8 Å². The van der Waals surface area contributed by atoms with Gasteiger partial charge in [-0.25, -0.2) is 12.7 Å². The highest BCUT2D eigenvalue weighted by Crippen LogP contribution is 2.25. The van der Waals surface area contributed by atoms with E-state index >= 15 is 0 Å². The Balaban J connectivity index is 0.00000114. The van der Waals surface area contributed by atoms with Crippen molar-refractivity contribution in [3.8, 4) is 5.75 Å². The molecule has 2 aromatic rings. The minimum absolute atomic E-state index is 0.0532. The Kier molecular flexibility index (Phi) is 11.7. The summed E-state index contributed by atoms with van der Waals surface area (Å²) in [7, 11) is -0.644. The van der Waals surface area contributed by atoms with E-state index in [0.717, 1.165) is 32.3 Å². The van der Waals surface area contributed by atoms with E-state index in [1.54, 1.807) is 42.5 Å². The van der Waals surface area contributed by atoms with Gasteiger partial charge < -0.3 is 30.8 Å². The maximum atomic E-state index is 13.6. The molecule has 14 heteroatoms. The van der Waals surface area contributed by atoms with Crippen LogP contribution in [0.4, 0.5) is 0 Å². The number of nitrogens with two attached hydrogens (primary N) is 1. The maximum absolute atomic E-state index is 13.6. The van der Waals surface area contributed by atoms with Gasteiger partial charge in [-0.2, -0.15) is 0 Å². The number of nitrogens with one attached hydrogen (secondary N) is 1. The number of hydrogen-bond acceptors (Lipinski definition) is 9. The lowest BCUT2D eigenvalue weighted by Crippen LogP contribution is -2.63. The predicted octanol–water partition coefficient (Wildman–Crippen LogP) is 0.487. The highest BCUT2D eigenvalue weighted by molar-refractivity contribution is 7.89. The first-order valence-corrected chi connectivity index (χ1v) is 14.9. The summed E-state index contributed by atoms with van der Waals surface area (Å²) in [5.74, 6) is -0.734. The van der Waals surface area contributed by atoms with Crippen molar-refractivity contribution in [1.82, 2.24) is 19.4 Å². The summed E-state index contributed by atoms with van der Waals surface area (Å²) in [6, 6.07) is 13.3. The number of benzene rings is 2. The Bertz CT molecular complexity index is 1330. The second kappa shape index (κ2) is 15.2. The molecule has 2 aliphatic heterocycles. The van der Waals surface area contributed by atoms with Crippen molar-refractivity contribution in [1.29, 1.82) is 0 Å². The Labute approximate surface area is 245 Å². The third kappa shape index (κ3) is 8.42. The molecular formula is C28H38N6O7S. The summed E-state index contributed by atoms with van der Waals surface area (Å²) < 4.78 is 32.4. The van der Waals surface area contributed by atoms with Gasteiger partial charge in [0, 0.05) is 13.0 Å². The number of methoxy groups -OCH3 is 1. The SMILES string of the molecule is COc1ccc(C[C@H]2C(=O)N(S(=O)(=O)c3ccccc3)CC(=O)N2CC(=O)NCC2CCN(C)CC2)cc1.N/C=N/O. The number of rotatable bonds is 9. The maximum Gasteiger partial charge on any atom is 0.267 e. The van der Waals surface area contributed by atoms with E-state index in [1.807, 2.05) is 0 Å². The predicted molar refractivity (Wildman–Crippen MR) is 155 cm³/mol. The molecule has 0 bridgehead atoms. The monoisotopic (exact) mass is 602 g/mol. The molecule has 1 atom stereocenters. The minimum atomic E-state index is -4.25. The number of piperidine rings is 1. The van der Waals surface area contributed by atoms with E-state index in [9.17, 15) is 22.8 Å². The second-order valence-corrected chi connectivity index (χ2v) is 11.9. The third-order valence-corrected chi connectivity index (χ3v) is 8.99. The zero-order chi connectivity index (χ0) is 30.7. The number of nitrogens with zero attached hydrogens (tertiary/aromatic N) is 4.